The highest BCUT2D eigenvalue weighted by atomic mass is 19.1. The topological polar surface area (TPSA) is 96.7 Å². The number of rotatable bonds is 4. The summed E-state index contributed by atoms with van der Waals surface area (Å²) in [6.07, 6.45) is 0.725. The molecule has 1 aliphatic heterocycles. The monoisotopic (exact) mass is 354 g/mol. The first-order chi connectivity index (χ1) is 11.7. The van der Waals surface area contributed by atoms with Gasteiger partial charge in [0.2, 0.25) is 0 Å². The molecule has 1 fully saturated rings. The van der Waals surface area contributed by atoms with E-state index in [0.717, 1.165) is 6.07 Å². The molecule has 0 spiro atoms. The Morgan fingerprint density at radius 1 is 1.36 bits per heavy atom. The smallest absolute Gasteiger partial charge is 0.422 e. The first-order valence-electron chi connectivity index (χ1n) is 8.09. The van der Waals surface area contributed by atoms with Crippen molar-refractivity contribution in [1.82, 2.24) is 10.9 Å². The molecule has 8 nitrogen and oxygen atoms in total. The Balaban J connectivity index is 1.89. The molecule has 0 aromatic heterocycles. The van der Waals surface area contributed by atoms with E-state index in [1.54, 1.807) is 25.7 Å². The number of nitrogens with zero attached hydrogens (tertiary/aromatic N) is 2. The number of carbonyl (C=O) groups excluding carboxylic acids is 1. The molecule has 1 heterocycles. The Labute approximate surface area is 145 Å². The number of carbonyl (C=O) groups is 1. The highest BCUT2D eigenvalue weighted by Crippen LogP contribution is 2.30. The molecule has 1 amide bonds. The minimum absolute atomic E-state index is 0.0105. The molecular formula is C16H23FN4O4. The van der Waals surface area contributed by atoms with Crippen LogP contribution in [0.1, 0.15) is 33.6 Å². The average molecular weight is 354 g/mol. The first-order valence-corrected chi connectivity index (χ1v) is 8.09. The Bertz CT molecular complexity index is 640. The number of nitro benzene ring substituents is 1. The summed E-state index contributed by atoms with van der Waals surface area (Å²) in [5, 5.41) is 11.1. The lowest BCUT2D eigenvalue weighted by atomic mass is 10.0. The number of nitrogens with one attached hydrogen (secondary N) is 2. The molecule has 0 unspecified atom stereocenters. The standard InChI is InChI=1S/C16H23FN4O4/c1-16(2,3)25-15(22)19-18-12-6-8-20(9-7-12)14-10-11(17)4-5-13(14)21(23)24/h4-5,10,12,18H,6-9H2,1-3H3,(H,19,22). The zero-order chi connectivity index (χ0) is 18.6. The molecule has 2 N–H and O–H groups in total. The molecule has 0 atom stereocenters. The van der Waals surface area contributed by atoms with Crippen LogP contribution in [0.4, 0.5) is 20.6 Å². The molecule has 138 valence electrons. The maximum atomic E-state index is 13.5. The Morgan fingerprint density at radius 2 is 2.00 bits per heavy atom. The average Bonchev–Trinajstić information content (AvgIpc) is 2.51. The van der Waals surface area contributed by atoms with Crippen LogP contribution in [-0.4, -0.2) is 35.7 Å². The van der Waals surface area contributed by atoms with Gasteiger partial charge in [-0.1, -0.05) is 0 Å². The van der Waals surface area contributed by atoms with Crippen molar-refractivity contribution < 1.29 is 18.8 Å². The van der Waals surface area contributed by atoms with Crippen molar-refractivity contribution >= 4 is 17.5 Å². The normalized spacial score (nSPS) is 15.8. The van der Waals surface area contributed by atoms with Gasteiger partial charge in [0.05, 0.1) is 4.92 Å². The van der Waals surface area contributed by atoms with Gasteiger partial charge in [-0.25, -0.2) is 14.6 Å². The van der Waals surface area contributed by atoms with Crippen LogP contribution in [0, 0.1) is 15.9 Å². The predicted octanol–water partition coefficient (Wildman–Crippen LogP) is 2.73. The maximum Gasteiger partial charge on any atom is 0.422 e. The third-order valence-electron chi connectivity index (χ3n) is 3.75. The van der Waals surface area contributed by atoms with Crippen molar-refractivity contribution in [3.8, 4) is 0 Å². The molecule has 2 rings (SSSR count). The number of hydrazine groups is 1. The fourth-order valence-electron chi connectivity index (χ4n) is 2.63. The minimum Gasteiger partial charge on any atom is -0.443 e. The molecule has 9 heteroatoms. The Kier molecular flexibility index (Phi) is 5.78. The number of amides is 1. The van der Waals surface area contributed by atoms with Gasteiger partial charge in [-0.3, -0.25) is 15.5 Å². The van der Waals surface area contributed by atoms with Crippen LogP contribution < -0.4 is 15.8 Å². The maximum absolute atomic E-state index is 13.5. The predicted molar refractivity (Wildman–Crippen MR) is 90.8 cm³/mol. The van der Waals surface area contributed by atoms with Crippen LogP contribution in [0.2, 0.25) is 0 Å². The van der Waals surface area contributed by atoms with Gasteiger partial charge >= 0.3 is 6.09 Å². The lowest BCUT2D eigenvalue weighted by Crippen LogP contribution is -2.50. The molecule has 0 bridgehead atoms. The summed E-state index contributed by atoms with van der Waals surface area (Å²) < 4.78 is 18.6. The third kappa shape index (κ3) is 5.56. The zero-order valence-electron chi connectivity index (χ0n) is 14.5. The number of halogens is 1. The van der Waals surface area contributed by atoms with Gasteiger partial charge in [0, 0.05) is 31.3 Å². The highest BCUT2D eigenvalue weighted by Gasteiger charge is 2.26. The molecule has 0 saturated carbocycles. The third-order valence-corrected chi connectivity index (χ3v) is 3.75. The highest BCUT2D eigenvalue weighted by molar-refractivity contribution is 5.67. The van der Waals surface area contributed by atoms with Crippen LogP contribution in [-0.2, 0) is 4.74 Å². The van der Waals surface area contributed by atoms with Gasteiger partial charge in [0.15, 0.2) is 0 Å². The van der Waals surface area contributed by atoms with E-state index in [9.17, 15) is 19.3 Å². The van der Waals surface area contributed by atoms with Crippen LogP contribution in [0.15, 0.2) is 18.2 Å². The summed E-state index contributed by atoms with van der Waals surface area (Å²) in [4.78, 5) is 24.0. The van der Waals surface area contributed by atoms with E-state index < -0.39 is 22.4 Å². The number of ether oxygens (including phenoxy) is 1. The van der Waals surface area contributed by atoms with Crippen LogP contribution in [0.3, 0.4) is 0 Å². The van der Waals surface area contributed by atoms with Crippen molar-refractivity contribution in [2.45, 2.75) is 45.3 Å². The molecule has 25 heavy (non-hydrogen) atoms. The van der Waals surface area contributed by atoms with Gasteiger partial charge < -0.3 is 9.64 Å². The molecule has 1 aromatic carbocycles. The number of hydrogen-bond acceptors (Lipinski definition) is 6. The second-order valence-corrected chi connectivity index (χ2v) is 6.92. The van der Waals surface area contributed by atoms with E-state index in [4.69, 9.17) is 4.74 Å². The van der Waals surface area contributed by atoms with E-state index in [1.807, 2.05) is 0 Å². The fourth-order valence-corrected chi connectivity index (χ4v) is 2.63. The number of piperidine rings is 1. The molecule has 0 aliphatic carbocycles. The summed E-state index contributed by atoms with van der Waals surface area (Å²) in [5.74, 6) is -0.507. The molecule has 1 saturated heterocycles. The van der Waals surface area contributed by atoms with E-state index in [1.165, 1.54) is 12.1 Å². The quantitative estimate of drug-likeness (QED) is 0.637. The SMILES string of the molecule is CC(C)(C)OC(=O)NNC1CCN(c2cc(F)ccc2[N+](=O)[O-])CC1. The van der Waals surface area contributed by atoms with Crippen molar-refractivity contribution in [2.24, 2.45) is 0 Å². The Hall–Kier alpha value is -2.42. The second kappa shape index (κ2) is 7.64. The molecule has 0 radical (unpaired) electrons. The second-order valence-electron chi connectivity index (χ2n) is 6.92. The summed E-state index contributed by atoms with van der Waals surface area (Å²) in [7, 11) is 0. The number of anilines is 1. The lowest BCUT2D eigenvalue weighted by Gasteiger charge is -2.33. The van der Waals surface area contributed by atoms with Gasteiger partial charge in [0.1, 0.15) is 17.1 Å². The summed E-state index contributed by atoms with van der Waals surface area (Å²) >= 11 is 0. The Morgan fingerprint density at radius 3 is 2.56 bits per heavy atom. The van der Waals surface area contributed by atoms with Crippen LogP contribution in [0.25, 0.3) is 0 Å². The summed E-state index contributed by atoms with van der Waals surface area (Å²) in [6.45, 7) is 6.35. The number of hydrogen-bond donors (Lipinski definition) is 2. The van der Waals surface area contributed by atoms with Gasteiger partial charge in [-0.15, -0.1) is 0 Å². The van der Waals surface area contributed by atoms with Crippen molar-refractivity contribution in [1.29, 1.82) is 0 Å². The summed E-state index contributed by atoms with van der Waals surface area (Å²) in [5.41, 5.74) is 5.00. The van der Waals surface area contributed by atoms with Crippen LogP contribution >= 0.6 is 0 Å². The number of nitro groups is 1. The van der Waals surface area contributed by atoms with Crippen molar-refractivity contribution in [3.05, 3.63) is 34.1 Å². The van der Waals surface area contributed by atoms with Crippen molar-refractivity contribution in [3.63, 3.8) is 0 Å². The van der Waals surface area contributed by atoms with Gasteiger partial charge in [0.25, 0.3) is 5.69 Å². The minimum atomic E-state index is -0.578. The van der Waals surface area contributed by atoms with Crippen molar-refractivity contribution in [2.75, 3.05) is 18.0 Å². The molecular weight excluding hydrogens is 331 g/mol. The van der Waals surface area contributed by atoms with E-state index in [0.29, 0.717) is 25.9 Å². The number of benzene rings is 1. The first kappa shape index (κ1) is 18.9. The fraction of sp³-hybridized carbons (Fsp3) is 0.562. The largest absolute Gasteiger partial charge is 0.443 e. The van der Waals surface area contributed by atoms with Gasteiger partial charge in [-0.05, 0) is 39.7 Å². The molecule has 1 aromatic rings. The molecule has 1 aliphatic rings. The van der Waals surface area contributed by atoms with Gasteiger partial charge in [-0.2, -0.15) is 0 Å². The lowest BCUT2D eigenvalue weighted by molar-refractivity contribution is -0.384. The van der Waals surface area contributed by atoms with E-state index in [-0.39, 0.29) is 17.4 Å². The zero-order valence-corrected chi connectivity index (χ0v) is 14.5. The van der Waals surface area contributed by atoms with E-state index >= 15 is 0 Å². The van der Waals surface area contributed by atoms with Crippen LogP contribution in [0.5, 0.6) is 0 Å². The van der Waals surface area contributed by atoms with E-state index in [2.05, 4.69) is 10.9 Å². The summed E-state index contributed by atoms with van der Waals surface area (Å²) in [6, 6.07) is 3.46.